The molecule has 5 nitrogen and oxygen atoms in total. The summed E-state index contributed by atoms with van der Waals surface area (Å²) < 4.78 is 26.0. The third-order valence-corrected chi connectivity index (χ3v) is 5.53. The van der Waals surface area contributed by atoms with Crippen LogP contribution in [-0.4, -0.2) is 20.1 Å². The largest absolute Gasteiger partial charge is 0.326 e. The summed E-state index contributed by atoms with van der Waals surface area (Å²) in [7, 11) is -3.30. The Kier molecular flexibility index (Phi) is 6.80. The van der Waals surface area contributed by atoms with Crippen molar-refractivity contribution < 1.29 is 13.2 Å². The summed E-state index contributed by atoms with van der Waals surface area (Å²) in [5, 5.41) is 2.84. The average molecular weight is 375 g/mol. The standard InChI is InChI=1S/C20H26N2O3S/c1-4-13-26(24,25)22-19-10-8-18(9-11-19)21-20(23)12-7-17-6-5-15(2)14-16(17)3/h5-6,8-11,14,22H,4,7,12-13H2,1-3H3,(H,21,23). The van der Waals surface area contributed by atoms with E-state index in [2.05, 4.69) is 42.1 Å². The van der Waals surface area contributed by atoms with Crippen molar-refractivity contribution in [3.8, 4) is 0 Å². The van der Waals surface area contributed by atoms with Crippen molar-refractivity contribution in [1.29, 1.82) is 0 Å². The zero-order chi connectivity index (χ0) is 19.2. The molecule has 0 aromatic heterocycles. The monoisotopic (exact) mass is 374 g/mol. The highest BCUT2D eigenvalue weighted by Gasteiger charge is 2.09. The minimum Gasteiger partial charge on any atom is -0.326 e. The Bertz CT molecular complexity index is 859. The summed E-state index contributed by atoms with van der Waals surface area (Å²) in [6, 6.07) is 12.9. The van der Waals surface area contributed by atoms with Gasteiger partial charge in [0, 0.05) is 17.8 Å². The number of carbonyl (C=O) groups excluding carboxylic acids is 1. The van der Waals surface area contributed by atoms with Crippen LogP contribution in [0.5, 0.6) is 0 Å². The van der Waals surface area contributed by atoms with Gasteiger partial charge in [0.2, 0.25) is 15.9 Å². The van der Waals surface area contributed by atoms with E-state index >= 15 is 0 Å². The van der Waals surface area contributed by atoms with Gasteiger partial charge in [0.1, 0.15) is 0 Å². The molecule has 0 saturated heterocycles. The highest BCUT2D eigenvalue weighted by Crippen LogP contribution is 2.17. The van der Waals surface area contributed by atoms with E-state index in [9.17, 15) is 13.2 Å². The van der Waals surface area contributed by atoms with E-state index in [1.54, 1.807) is 24.3 Å². The summed E-state index contributed by atoms with van der Waals surface area (Å²) in [5.74, 6) is 0.0217. The second kappa shape index (κ2) is 8.85. The Labute approximate surface area is 155 Å². The molecule has 6 heteroatoms. The number of rotatable bonds is 8. The van der Waals surface area contributed by atoms with Crippen molar-refractivity contribution in [2.24, 2.45) is 0 Å². The number of amides is 1. The highest BCUT2D eigenvalue weighted by atomic mass is 32.2. The zero-order valence-corrected chi connectivity index (χ0v) is 16.3. The first kappa shape index (κ1) is 20.0. The van der Waals surface area contributed by atoms with E-state index in [1.165, 1.54) is 16.7 Å². The molecule has 0 saturated carbocycles. The van der Waals surface area contributed by atoms with Crippen LogP contribution in [0.1, 0.15) is 36.5 Å². The lowest BCUT2D eigenvalue weighted by Gasteiger charge is -2.10. The Morgan fingerprint density at radius 3 is 2.27 bits per heavy atom. The van der Waals surface area contributed by atoms with Crippen LogP contribution >= 0.6 is 0 Å². The fourth-order valence-corrected chi connectivity index (χ4v) is 3.85. The molecule has 26 heavy (non-hydrogen) atoms. The molecule has 0 heterocycles. The Balaban J connectivity index is 1.89. The van der Waals surface area contributed by atoms with Gasteiger partial charge in [-0.1, -0.05) is 30.7 Å². The van der Waals surface area contributed by atoms with Crippen molar-refractivity contribution in [2.45, 2.75) is 40.0 Å². The number of anilines is 2. The molecule has 0 radical (unpaired) electrons. The van der Waals surface area contributed by atoms with Crippen LogP contribution in [-0.2, 0) is 21.2 Å². The molecule has 2 rings (SSSR count). The maximum atomic E-state index is 12.1. The van der Waals surface area contributed by atoms with Gasteiger partial charge in [-0.2, -0.15) is 0 Å². The van der Waals surface area contributed by atoms with Crippen LogP contribution in [0.3, 0.4) is 0 Å². The SMILES string of the molecule is CCCS(=O)(=O)Nc1ccc(NC(=O)CCc2ccc(C)cc2C)cc1. The average Bonchev–Trinajstić information content (AvgIpc) is 2.55. The van der Waals surface area contributed by atoms with Crippen molar-refractivity contribution in [1.82, 2.24) is 0 Å². The minimum absolute atomic E-state index is 0.0655. The maximum absolute atomic E-state index is 12.1. The van der Waals surface area contributed by atoms with E-state index < -0.39 is 10.0 Å². The maximum Gasteiger partial charge on any atom is 0.232 e. The fourth-order valence-electron chi connectivity index (χ4n) is 2.72. The molecular formula is C20H26N2O3S. The molecule has 0 fully saturated rings. The number of benzene rings is 2. The van der Waals surface area contributed by atoms with E-state index in [0.29, 0.717) is 30.6 Å². The summed E-state index contributed by atoms with van der Waals surface area (Å²) >= 11 is 0. The predicted octanol–water partition coefficient (Wildman–Crippen LogP) is 4.03. The molecule has 0 aliphatic heterocycles. The molecule has 0 spiro atoms. The van der Waals surface area contributed by atoms with Gasteiger partial charge in [-0.25, -0.2) is 8.42 Å². The van der Waals surface area contributed by atoms with Crippen molar-refractivity contribution in [3.63, 3.8) is 0 Å². The normalized spacial score (nSPS) is 11.2. The third-order valence-electron chi connectivity index (χ3n) is 4.03. The summed E-state index contributed by atoms with van der Waals surface area (Å²) in [4.78, 5) is 12.1. The van der Waals surface area contributed by atoms with E-state index in [1.807, 2.05) is 6.92 Å². The van der Waals surface area contributed by atoms with Crippen molar-refractivity contribution in [3.05, 3.63) is 59.2 Å². The molecule has 2 aromatic rings. The van der Waals surface area contributed by atoms with Crippen LogP contribution < -0.4 is 10.0 Å². The molecule has 2 aromatic carbocycles. The minimum atomic E-state index is -3.30. The lowest BCUT2D eigenvalue weighted by Crippen LogP contribution is -2.16. The number of nitrogens with one attached hydrogen (secondary N) is 2. The van der Waals surface area contributed by atoms with Gasteiger partial charge in [0.05, 0.1) is 5.75 Å². The predicted molar refractivity (Wildman–Crippen MR) is 107 cm³/mol. The summed E-state index contributed by atoms with van der Waals surface area (Å²) in [6.45, 7) is 5.92. The number of hydrogen-bond donors (Lipinski definition) is 2. The lowest BCUT2D eigenvalue weighted by molar-refractivity contribution is -0.116. The van der Waals surface area contributed by atoms with Crippen LogP contribution in [0.15, 0.2) is 42.5 Å². The van der Waals surface area contributed by atoms with Gasteiger partial charge in [0.25, 0.3) is 0 Å². The Morgan fingerprint density at radius 1 is 1.00 bits per heavy atom. The van der Waals surface area contributed by atoms with Crippen LogP contribution in [0.2, 0.25) is 0 Å². The fraction of sp³-hybridized carbons (Fsp3) is 0.350. The quantitative estimate of drug-likeness (QED) is 0.732. The third kappa shape index (κ3) is 6.19. The first-order chi connectivity index (χ1) is 12.3. The van der Waals surface area contributed by atoms with Gasteiger partial charge in [-0.15, -0.1) is 0 Å². The number of sulfonamides is 1. The molecule has 1 amide bonds. The molecule has 0 unspecified atom stereocenters. The summed E-state index contributed by atoms with van der Waals surface area (Å²) in [6.07, 6.45) is 1.64. The second-order valence-electron chi connectivity index (χ2n) is 6.48. The van der Waals surface area contributed by atoms with Crippen molar-refractivity contribution in [2.75, 3.05) is 15.8 Å². The van der Waals surface area contributed by atoms with E-state index in [-0.39, 0.29) is 11.7 Å². The highest BCUT2D eigenvalue weighted by molar-refractivity contribution is 7.92. The molecule has 0 bridgehead atoms. The first-order valence-electron chi connectivity index (χ1n) is 8.75. The van der Waals surface area contributed by atoms with Gasteiger partial charge in [-0.3, -0.25) is 9.52 Å². The number of carbonyl (C=O) groups is 1. The zero-order valence-electron chi connectivity index (χ0n) is 15.5. The topological polar surface area (TPSA) is 75.3 Å². The molecule has 140 valence electrons. The van der Waals surface area contributed by atoms with Crippen LogP contribution in [0, 0.1) is 13.8 Å². The first-order valence-corrected chi connectivity index (χ1v) is 10.4. The number of hydrogen-bond acceptors (Lipinski definition) is 3. The van der Waals surface area contributed by atoms with Crippen LogP contribution in [0.4, 0.5) is 11.4 Å². The van der Waals surface area contributed by atoms with Gasteiger partial charge >= 0.3 is 0 Å². The van der Waals surface area contributed by atoms with Gasteiger partial charge in [-0.05, 0) is 62.1 Å². The van der Waals surface area contributed by atoms with E-state index in [0.717, 1.165) is 0 Å². The molecule has 2 N–H and O–H groups in total. The summed E-state index contributed by atoms with van der Waals surface area (Å²) in [5.41, 5.74) is 4.72. The second-order valence-corrected chi connectivity index (χ2v) is 8.32. The smallest absolute Gasteiger partial charge is 0.232 e. The lowest BCUT2D eigenvalue weighted by atomic mass is 10.0. The van der Waals surface area contributed by atoms with Crippen molar-refractivity contribution >= 4 is 27.3 Å². The Morgan fingerprint density at radius 2 is 1.65 bits per heavy atom. The van der Waals surface area contributed by atoms with Gasteiger partial charge in [0.15, 0.2) is 0 Å². The van der Waals surface area contributed by atoms with Gasteiger partial charge < -0.3 is 5.32 Å². The van der Waals surface area contributed by atoms with E-state index in [4.69, 9.17) is 0 Å². The molecule has 0 aliphatic carbocycles. The molecule has 0 aliphatic rings. The van der Waals surface area contributed by atoms with Crippen LogP contribution in [0.25, 0.3) is 0 Å². The Hall–Kier alpha value is -2.34. The number of aryl methyl sites for hydroxylation is 3. The molecule has 0 atom stereocenters. The molecular weight excluding hydrogens is 348 g/mol.